The maximum absolute atomic E-state index is 12.4. The van der Waals surface area contributed by atoms with Crippen LogP contribution >= 0.6 is 0 Å². The first kappa shape index (κ1) is 22.3. The minimum absolute atomic E-state index is 0.166. The number of carbonyl (C=O) groups is 2. The monoisotopic (exact) mass is 421 g/mol. The number of benzene rings is 1. The number of aryl methyl sites for hydroxylation is 1. The van der Waals surface area contributed by atoms with Crippen molar-refractivity contribution < 1.29 is 27.3 Å². The summed E-state index contributed by atoms with van der Waals surface area (Å²) in [5.74, 6) is -1.11. The molecule has 2 aromatic rings. The lowest BCUT2D eigenvalue weighted by atomic mass is 10.2. The first-order valence-electron chi connectivity index (χ1n) is 8.94. The molecule has 156 valence electrons. The molecule has 1 aromatic carbocycles. The summed E-state index contributed by atoms with van der Waals surface area (Å²) in [5, 5.41) is 6.02. The molecule has 0 radical (unpaired) electrons. The lowest BCUT2D eigenvalue weighted by Crippen LogP contribution is -2.30. The summed E-state index contributed by atoms with van der Waals surface area (Å²) < 4.78 is 35.9. The van der Waals surface area contributed by atoms with Crippen LogP contribution in [0.3, 0.4) is 0 Å². The van der Waals surface area contributed by atoms with Gasteiger partial charge in [-0.05, 0) is 30.7 Å². The summed E-state index contributed by atoms with van der Waals surface area (Å²) in [7, 11) is -3.53. The number of nitrogens with one attached hydrogen (secondary N) is 1. The number of ether oxygens (including phenoxy) is 1. The van der Waals surface area contributed by atoms with E-state index in [2.05, 4.69) is 10.5 Å². The number of carbonyl (C=O) groups excluding carboxylic acids is 2. The Bertz CT molecular complexity index is 976. The number of amides is 1. The fourth-order valence-corrected chi connectivity index (χ4v) is 3.87. The third-order valence-electron chi connectivity index (χ3n) is 3.87. The lowest BCUT2D eigenvalue weighted by molar-refractivity contribution is -0.142. The first-order chi connectivity index (χ1) is 13.8. The SMILES string of the molecule is CCN(CC)S(=O)(=O)c1ccc(/C=C/C(=O)OCC(=O)Nc2cc(C)no2)cc1. The van der Waals surface area contributed by atoms with Crippen molar-refractivity contribution in [2.75, 3.05) is 25.0 Å². The molecule has 0 saturated carbocycles. The van der Waals surface area contributed by atoms with E-state index in [1.54, 1.807) is 32.9 Å². The van der Waals surface area contributed by atoms with Crippen molar-refractivity contribution in [3.63, 3.8) is 0 Å². The number of sulfonamides is 1. The van der Waals surface area contributed by atoms with Crippen LogP contribution in [0.4, 0.5) is 5.88 Å². The van der Waals surface area contributed by atoms with Crippen LogP contribution in [0.15, 0.2) is 45.8 Å². The van der Waals surface area contributed by atoms with Crippen LogP contribution in [-0.4, -0.2) is 49.5 Å². The zero-order valence-electron chi connectivity index (χ0n) is 16.4. The third kappa shape index (κ3) is 6.26. The van der Waals surface area contributed by atoms with Gasteiger partial charge in [-0.3, -0.25) is 10.1 Å². The summed E-state index contributed by atoms with van der Waals surface area (Å²) >= 11 is 0. The highest BCUT2D eigenvalue weighted by Crippen LogP contribution is 2.16. The highest BCUT2D eigenvalue weighted by Gasteiger charge is 2.20. The van der Waals surface area contributed by atoms with E-state index < -0.39 is 28.5 Å². The van der Waals surface area contributed by atoms with Crippen molar-refractivity contribution in [1.82, 2.24) is 9.46 Å². The number of esters is 1. The lowest BCUT2D eigenvalue weighted by Gasteiger charge is -2.18. The largest absolute Gasteiger partial charge is 0.452 e. The second-order valence-corrected chi connectivity index (χ2v) is 7.92. The van der Waals surface area contributed by atoms with E-state index >= 15 is 0 Å². The molecule has 10 heteroatoms. The van der Waals surface area contributed by atoms with Crippen molar-refractivity contribution in [3.05, 3.63) is 47.7 Å². The van der Waals surface area contributed by atoms with Gasteiger partial charge < -0.3 is 9.26 Å². The molecule has 0 aliphatic rings. The van der Waals surface area contributed by atoms with Gasteiger partial charge in [-0.25, -0.2) is 13.2 Å². The molecule has 0 fully saturated rings. The molecule has 0 unspecified atom stereocenters. The Labute approximate surface area is 169 Å². The summed E-state index contributed by atoms with van der Waals surface area (Å²) in [6, 6.07) is 7.65. The van der Waals surface area contributed by atoms with Gasteiger partial charge in [-0.1, -0.05) is 31.1 Å². The fraction of sp³-hybridized carbons (Fsp3) is 0.316. The molecule has 1 heterocycles. The molecular formula is C19H23N3O6S. The van der Waals surface area contributed by atoms with Gasteiger partial charge in [0.05, 0.1) is 10.6 Å². The number of nitrogens with zero attached hydrogens (tertiary/aromatic N) is 2. The van der Waals surface area contributed by atoms with Crippen LogP contribution in [0.5, 0.6) is 0 Å². The van der Waals surface area contributed by atoms with E-state index in [9.17, 15) is 18.0 Å². The number of hydrogen-bond donors (Lipinski definition) is 1. The van der Waals surface area contributed by atoms with Crippen LogP contribution in [-0.2, 0) is 24.3 Å². The van der Waals surface area contributed by atoms with E-state index in [-0.39, 0.29) is 10.8 Å². The average Bonchev–Trinajstić information content (AvgIpc) is 3.10. The van der Waals surface area contributed by atoms with Gasteiger partial charge in [0.2, 0.25) is 15.9 Å². The van der Waals surface area contributed by atoms with Crippen LogP contribution in [0.25, 0.3) is 6.08 Å². The maximum atomic E-state index is 12.4. The summed E-state index contributed by atoms with van der Waals surface area (Å²) in [6.45, 7) is 5.54. The molecule has 1 N–H and O–H groups in total. The molecule has 1 amide bonds. The predicted molar refractivity (Wildman–Crippen MR) is 106 cm³/mol. The molecule has 9 nitrogen and oxygen atoms in total. The molecule has 0 aliphatic carbocycles. The molecule has 0 saturated heterocycles. The Morgan fingerprint density at radius 2 is 1.86 bits per heavy atom. The van der Waals surface area contributed by atoms with E-state index in [1.807, 2.05) is 0 Å². The van der Waals surface area contributed by atoms with Gasteiger partial charge in [0.25, 0.3) is 5.91 Å². The van der Waals surface area contributed by atoms with Crippen LogP contribution in [0.1, 0.15) is 25.1 Å². The Morgan fingerprint density at radius 3 is 2.41 bits per heavy atom. The summed E-state index contributed by atoms with van der Waals surface area (Å²) in [6.07, 6.45) is 2.62. The molecule has 1 aromatic heterocycles. The minimum atomic E-state index is -3.53. The zero-order valence-corrected chi connectivity index (χ0v) is 17.2. The highest BCUT2D eigenvalue weighted by atomic mass is 32.2. The van der Waals surface area contributed by atoms with Gasteiger partial charge in [0.15, 0.2) is 6.61 Å². The third-order valence-corrected chi connectivity index (χ3v) is 5.94. The Morgan fingerprint density at radius 1 is 1.21 bits per heavy atom. The molecule has 0 aliphatic heterocycles. The van der Waals surface area contributed by atoms with Crippen LogP contribution in [0, 0.1) is 6.92 Å². The molecule has 0 bridgehead atoms. The Kier molecular flexibility index (Phi) is 7.68. The molecular weight excluding hydrogens is 398 g/mol. The number of rotatable bonds is 9. The van der Waals surface area contributed by atoms with Crippen molar-refractivity contribution in [2.24, 2.45) is 0 Å². The normalized spacial score (nSPS) is 11.7. The Hall–Kier alpha value is -2.98. The van der Waals surface area contributed by atoms with Gasteiger partial charge >= 0.3 is 5.97 Å². The first-order valence-corrected chi connectivity index (χ1v) is 10.4. The quantitative estimate of drug-likeness (QED) is 0.487. The number of hydrogen-bond acceptors (Lipinski definition) is 7. The molecule has 29 heavy (non-hydrogen) atoms. The second-order valence-electron chi connectivity index (χ2n) is 5.98. The molecule has 0 spiro atoms. The second kappa shape index (κ2) is 9.99. The number of anilines is 1. The smallest absolute Gasteiger partial charge is 0.331 e. The van der Waals surface area contributed by atoms with Gasteiger partial charge in [0, 0.05) is 25.2 Å². The number of aromatic nitrogens is 1. The van der Waals surface area contributed by atoms with E-state index in [0.717, 1.165) is 6.08 Å². The maximum Gasteiger partial charge on any atom is 0.331 e. The Balaban J connectivity index is 1.89. The van der Waals surface area contributed by atoms with Crippen LogP contribution < -0.4 is 5.32 Å². The topological polar surface area (TPSA) is 119 Å². The van der Waals surface area contributed by atoms with Gasteiger partial charge in [-0.15, -0.1) is 0 Å². The van der Waals surface area contributed by atoms with Crippen molar-refractivity contribution in [2.45, 2.75) is 25.7 Å². The standard InChI is InChI=1S/C19H23N3O6S/c1-4-22(5-2)29(25,26)16-9-6-15(7-10-16)8-11-19(24)27-13-17(23)20-18-12-14(3)21-28-18/h6-12H,4-5,13H2,1-3H3,(H,20,23)/b11-8+. The average molecular weight is 421 g/mol. The minimum Gasteiger partial charge on any atom is -0.452 e. The van der Waals surface area contributed by atoms with E-state index in [0.29, 0.717) is 24.3 Å². The van der Waals surface area contributed by atoms with E-state index in [4.69, 9.17) is 9.26 Å². The summed E-state index contributed by atoms with van der Waals surface area (Å²) in [5.41, 5.74) is 1.22. The van der Waals surface area contributed by atoms with Crippen molar-refractivity contribution in [3.8, 4) is 0 Å². The predicted octanol–water partition coefficient (Wildman–Crippen LogP) is 2.21. The zero-order chi connectivity index (χ0) is 21.4. The molecule has 2 rings (SSSR count). The van der Waals surface area contributed by atoms with Crippen molar-refractivity contribution in [1.29, 1.82) is 0 Å². The summed E-state index contributed by atoms with van der Waals surface area (Å²) in [4.78, 5) is 23.6. The van der Waals surface area contributed by atoms with Crippen molar-refractivity contribution >= 4 is 33.9 Å². The molecule has 0 atom stereocenters. The van der Waals surface area contributed by atoms with Gasteiger partial charge in [-0.2, -0.15) is 4.31 Å². The fourth-order valence-electron chi connectivity index (χ4n) is 2.41. The van der Waals surface area contributed by atoms with Crippen LogP contribution in [0.2, 0.25) is 0 Å². The van der Waals surface area contributed by atoms with Gasteiger partial charge in [0.1, 0.15) is 0 Å². The highest BCUT2D eigenvalue weighted by molar-refractivity contribution is 7.89. The van der Waals surface area contributed by atoms with E-state index in [1.165, 1.54) is 28.6 Å².